The minimum Gasteiger partial charge on any atom is -0.444 e. The van der Waals surface area contributed by atoms with E-state index in [9.17, 15) is 9.18 Å². The summed E-state index contributed by atoms with van der Waals surface area (Å²) in [7, 11) is 0. The van der Waals surface area contributed by atoms with Gasteiger partial charge in [-0.3, -0.25) is 0 Å². The van der Waals surface area contributed by atoms with Crippen molar-refractivity contribution >= 4 is 6.09 Å². The molecule has 0 radical (unpaired) electrons. The molecule has 1 saturated carbocycles. The molecule has 4 nitrogen and oxygen atoms in total. The van der Waals surface area contributed by atoms with Crippen molar-refractivity contribution in [1.29, 1.82) is 0 Å². The SMILES string of the molecule is CCC(NC1CCCC1CNC(=O)OC(C)(C)C)c1cccc(F)c1. The summed E-state index contributed by atoms with van der Waals surface area (Å²) in [5.41, 5.74) is 0.496. The number of carbonyl (C=O) groups excluding carboxylic acids is 1. The fraction of sp³-hybridized carbons (Fsp3) is 0.650. The Morgan fingerprint density at radius 3 is 2.76 bits per heavy atom. The molecule has 1 aliphatic carbocycles. The van der Waals surface area contributed by atoms with E-state index in [0.29, 0.717) is 18.5 Å². The Hall–Kier alpha value is -1.62. The zero-order valence-electron chi connectivity index (χ0n) is 15.8. The van der Waals surface area contributed by atoms with E-state index >= 15 is 0 Å². The third-order valence-electron chi connectivity index (χ3n) is 4.64. The summed E-state index contributed by atoms with van der Waals surface area (Å²) in [6, 6.07) is 7.24. The molecule has 0 saturated heterocycles. The number of ether oxygens (including phenoxy) is 1. The zero-order valence-corrected chi connectivity index (χ0v) is 15.8. The van der Waals surface area contributed by atoms with E-state index in [1.165, 1.54) is 6.07 Å². The standard InChI is InChI=1S/C20H31FN2O2/c1-5-17(14-8-6-10-16(21)12-14)23-18-11-7-9-15(18)13-22-19(24)25-20(2,3)4/h6,8,10,12,15,17-18,23H,5,7,9,11,13H2,1-4H3,(H,22,24). The number of rotatable bonds is 6. The first-order valence-corrected chi connectivity index (χ1v) is 9.27. The van der Waals surface area contributed by atoms with E-state index in [2.05, 4.69) is 17.6 Å². The highest BCUT2D eigenvalue weighted by Gasteiger charge is 2.30. The molecule has 5 heteroatoms. The lowest BCUT2D eigenvalue weighted by atomic mass is 9.99. The Kier molecular flexibility index (Phi) is 6.82. The van der Waals surface area contributed by atoms with Crippen molar-refractivity contribution in [1.82, 2.24) is 10.6 Å². The molecule has 3 unspecified atom stereocenters. The van der Waals surface area contributed by atoms with E-state index in [1.54, 1.807) is 12.1 Å². The maximum Gasteiger partial charge on any atom is 0.407 e. The van der Waals surface area contributed by atoms with E-state index in [0.717, 1.165) is 31.2 Å². The summed E-state index contributed by atoms with van der Waals surface area (Å²) in [6.45, 7) is 8.28. The van der Waals surface area contributed by atoms with Gasteiger partial charge in [0, 0.05) is 18.6 Å². The minimum absolute atomic E-state index is 0.128. The minimum atomic E-state index is -0.484. The second-order valence-electron chi connectivity index (χ2n) is 7.86. The molecule has 1 fully saturated rings. The summed E-state index contributed by atoms with van der Waals surface area (Å²) >= 11 is 0. The van der Waals surface area contributed by atoms with Crippen molar-refractivity contribution in [2.45, 2.75) is 71.1 Å². The van der Waals surface area contributed by atoms with Crippen LogP contribution in [0.1, 0.15) is 65.0 Å². The predicted molar refractivity (Wildman–Crippen MR) is 97.9 cm³/mol. The number of nitrogens with one attached hydrogen (secondary N) is 2. The quantitative estimate of drug-likeness (QED) is 0.791. The molecule has 1 aliphatic rings. The Bertz CT molecular complexity index is 571. The van der Waals surface area contributed by atoms with Crippen LogP contribution >= 0.6 is 0 Å². The summed E-state index contributed by atoms with van der Waals surface area (Å²) in [6.07, 6.45) is 3.82. The lowest BCUT2D eigenvalue weighted by Gasteiger charge is -2.27. The third kappa shape index (κ3) is 6.31. The van der Waals surface area contributed by atoms with Gasteiger partial charge in [0.2, 0.25) is 0 Å². The summed E-state index contributed by atoms with van der Waals surface area (Å²) in [5, 5.41) is 6.56. The van der Waals surface area contributed by atoms with Crippen LogP contribution in [0.25, 0.3) is 0 Å². The third-order valence-corrected chi connectivity index (χ3v) is 4.64. The van der Waals surface area contributed by atoms with E-state index in [1.807, 2.05) is 26.8 Å². The van der Waals surface area contributed by atoms with Crippen LogP contribution in [0.2, 0.25) is 0 Å². The molecule has 2 rings (SSSR count). The van der Waals surface area contributed by atoms with Crippen molar-refractivity contribution in [3.8, 4) is 0 Å². The van der Waals surface area contributed by atoms with Crippen LogP contribution in [-0.4, -0.2) is 24.3 Å². The molecule has 1 aromatic rings. The molecule has 0 aromatic heterocycles. The number of alkyl carbamates (subject to hydrolysis) is 1. The van der Waals surface area contributed by atoms with Gasteiger partial charge in [-0.05, 0) is 63.6 Å². The maximum absolute atomic E-state index is 13.5. The molecule has 1 aromatic carbocycles. The maximum atomic E-state index is 13.5. The van der Waals surface area contributed by atoms with Gasteiger partial charge in [-0.2, -0.15) is 0 Å². The molecular weight excluding hydrogens is 319 g/mol. The number of amides is 1. The van der Waals surface area contributed by atoms with Crippen LogP contribution in [0.4, 0.5) is 9.18 Å². The fourth-order valence-electron chi connectivity index (χ4n) is 3.46. The van der Waals surface area contributed by atoms with Crippen molar-refractivity contribution in [3.63, 3.8) is 0 Å². The van der Waals surface area contributed by atoms with Crippen molar-refractivity contribution in [3.05, 3.63) is 35.6 Å². The van der Waals surface area contributed by atoms with Crippen molar-refractivity contribution < 1.29 is 13.9 Å². The highest BCUT2D eigenvalue weighted by atomic mass is 19.1. The molecule has 0 spiro atoms. The number of hydrogen-bond donors (Lipinski definition) is 2. The Morgan fingerprint density at radius 1 is 1.36 bits per heavy atom. The smallest absolute Gasteiger partial charge is 0.407 e. The second kappa shape index (κ2) is 8.65. The summed E-state index contributed by atoms with van der Waals surface area (Å²) in [4.78, 5) is 11.9. The molecule has 0 bridgehead atoms. The Balaban J connectivity index is 1.90. The Morgan fingerprint density at radius 2 is 2.12 bits per heavy atom. The van der Waals surface area contributed by atoms with Crippen LogP contribution in [0, 0.1) is 11.7 Å². The van der Waals surface area contributed by atoms with Crippen LogP contribution in [-0.2, 0) is 4.74 Å². The van der Waals surface area contributed by atoms with Crippen LogP contribution in [0.15, 0.2) is 24.3 Å². The van der Waals surface area contributed by atoms with Gasteiger partial charge in [-0.1, -0.05) is 25.5 Å². The van der Waals surface area contributed by atoms with Gasteiger partial charge in [0.1, 0.15) is 11.4 Å². The largest absolute Gasteiger partial charge is 0.444 e. The van der Waals surface area contributed by atoms with Crippen molar-refractivity contribution in [2.24, 2.45) is 5.92 Å². The van der Waals surface area contributed by atoms with Gasteiger partial charge in [0.15, 0.2) is 0 Å². The van der Waals surface area contributed by atoms with Gasteiger partial charge in [0.05, 0.1) is 0 Å². The van der Waals surface area contributed by atoms with Crippen LogP contribution < -0.4 is 10.6 Å². The average Bonchev–Trinajstić information content (AvgIpc) is 2.96. The predicted octanol–water partition coefficient (Wildman–Crippen LogP) is 4.56. The first kappa shape index (κ1) is 19.7. The van der Waals surface area contributed by atoms with E-state index in [-0.39, 0.29) is 18.0 Å². The number of carbonyl (C=O) groups is 1. The van der Waals surface area contributed by atoms with E-state index < -0.39 is 5.60 Å². The van der Waals surface area contributed by atoms with Gasteiger partial charge < -0.3 is 15.4 Å². The monoisotopic (exact) mass is 350 g/mol. The normalized spacial score (nSPS) is 21.8. The number of hydrogen-bond acceptors (Lipinski definition) is 3. The molecule has 2 N–H and O–H groups in total. The fourth-order valence-corrected chi connectivity index (χ4v) is 3.46. The number of halogens is 1. The van der Waals surface area contributed by atoms with Crippen LogP contribution in [0.5, 0.6) is 0 Å². The highest BCUT2D eigenvalue weighted by molar-refractivity contribution is 5.67. The molecule has 3 atom stereocenters. The van der Waals surface area contributed by atoms with Crippen LogP contribution in [0.3, 0.4) is 0 Å². The summed E-state index contributed by atoms with van der Waals surface area (Å²) in [5.74, 6) is 0.169. The van der Waals surface area contributed by atoms with Gasteiger partial charge >= 0.3 is 6.09 Å². The van der Waals surface area contributed by atoms with Gasteiger partial charge in [0.25, 0.3) is 0 Å². The van der Waals surface area contributed by atoms with Gasteiger partial charge in [-0.15, -0.1) is 0 Å². The molecule has 25 heavy (non-hydrogen) atoms. The first-order valence-electron chi connectivity index (χ1n) is 9.27. The lowest BCUT2D eigenvalue weighted by Crippen LogP contribution is -2.42. The first-order chi connectivity index (χ1) is 11.8. The number of benzene rings is 1. The molecule has 1 amide bonds. The van der Waals surface area contributed by atoms with E-state index in [4.69, 9.17) is 4.74 Å². The second-order valence-corrected chi connectivity index (χ2v) is 7.86. The zero-order chi connectivity index (χ0) is 18.4. The highest BCUT2D eigenvalue weighted by Crippen LogP contribution is 2.29. The topological polar surface area (TPSA) is 50.4 Å². The molecule has 0 aliphatic heterocycles. The summed E-state index contributed by atoms with van der Waals surface area (Å²) < 4.78 is 18.8. The van der Waals surface area contributed by atoms with Gasteiger partial charge in [-0.25, -0.2) is 9.18 Å². The molecule has 0 heterocycles. The lowest BCUT2D eigenvalue weighted by molar-refractivity contribution is 0.0517. The molecule has 140 valence electrons. The molecular formula is C20H31FN2O2. The Labute approximate surface area is 150 Å². The average molecular weight is 350 g/mol. The van der Waals surface area contributed by atoms with Crippen molar-refractivity contribution in [2.75, 3.05) is 6.54 Å².